The molecule has 38 heavy (non-hydrogen) atoms. The molecule has 2 fully saturated rings. The zero-order valence-electron chi connectivity index (χ0n) is 22.6. The summed E-state index contributed by atoms with van der Waals surface area (Å²) in [5, 5.41) is 24.0. The van der Waals surface area contributed by atoms with Crippen molar-refractivity contribution in [2.45, 2.75) is 64.2 Å². The quantitative estimate of drug-likeness (QED) is 0.539. The highest BCUT2D eigenvalue weighted by molar-refractivity contribution is 5.85. The van der Waals surface area contributed by atoms with Gasteiger partial charge in [-0.1, -0.05) is 0 Å². The van der Waals surface area contributed by atoms with Crippen molar-refractivity contribution in [1.82, 2.24) is 19.5 Å². The number of amides is 1. The number of pyridine rings is 2. The van der Waals surface area contributed by atoms with Crippen molar-refractivity contribution in [3.8, 4) is 22.9 Å². The zero-order valence-corrected chi connectivity index (χ0v) is 22.6. The van der Waals surface area contributed by atoms with Crippen molar-refractivity contribution >= 4 is 17.4 Å². The fourth-order valence-corrected chi connectivity index (χ4v) is 4.82. The minimum atomic E-state index is -0.993. The van der Waals surface area contributed by atoms with Crippen LogP contribution in [0.2, 0.25) is 0 Å². The second-order valence-electron chi connectivity index (χ2n) is 11.8. The standard InChI is InChI=1S/C28H34N6O4/c1-26(2,3)38-25(35)33-11-10-32(17-28(33)8-9-28)23-7-6-19(14-30-23)22-12-21(37-18-27(4,5)36)16-34-24(22)20(13-29)15-31-34/h6-7,12,14-16,36H,8-11,17-18H2,1-5H3. The second kappa shape index (κ2) is 9.17. The molecule has 5 rings (SSSR count). The molecule has 2 aliphatic rings. The number of rotatable bonds is 5. The molecule has 10 heteroatoms. The molecule has 0 aromatic carbocycles. The SMILES string of the molecule is CC(C)(O)COc1cc(-c2ccc(N3CCN(C(=O)OC(C)(C)C)C4(CC4)C3)nc2)c2c(C#N)cnn2c1. The van der Waals surface area contributed by atoms with Crippen molar-refractivity contribution in [3.63, 3.8) is 0 Å². The Bertz CT molecular complexity index is 1390. The molecule has 1 saturated heterocycles. The van der Waals surface area contributed by atoms with Crippen LogP contribution in [0.1, 0.15) is 53.0 Å². The number of piperazine rings is 1. The molecule has 1 N–H and O–H groups in total. The summed E-state index contributed by atoms with van der Waals surface area (Å²) in [6.07, 6.45) is 6.68. The number of nitrogens with zero attached hydrogens (tertiary/aromatic N) is 6. The number of carbonyl (C=O) groups excluding carboxylic acids is 1. The fourth-order valence-electron chi connectivity index (χ4n) is 4.82. The maximum Gasteiger partial charge on any atom is 0.410 e. The van der Waals surface area contributed by atoms with Crippen LogP contribution in [0.5, 0.6) is 5.75 Å². The maximum absolute atomic E-state index is 12.8. The summed E-state index contributed by atoms with van der Waals surface area (Å²) in [5.41, 5.74) is 0.987. The van der Waals surface area contributed by atoms with Gasteiger partial charge in [-0.15, -0.1) is 0 Å². The lowest BCUT2D eigenvalue weighted by molar-refractivity contribution is 0.0106. The van der Waals surface area contributed by atoms with E-state index < -0.39 is 11.2 Å². The highest BCUT2D eigenvalue weighted by Gasteiger charge is 2.54. The molecule has 0 bridgehead atoms. The minimum absolute atomic E-state index is 0.110. The molecule has 3 aromatic heterocycles. The van der Waals surface area contributed by atoms with Gasteiger partial charge in [0.25, 0.3) is 0 Å². The molecular weight excluding hydrogens is 484 g/mol. The average molecular weight is 519 g/mol. The van der Waals surface area contributed by atoms with E-state index in [4.69, 9.17) is 14.5 Å². The lowest BCUT2D eigenvalue weighted by Crippen LogP contribution is -2.58. The molecule has 1 saturated carbocycles. The van der Waals surface area contributed by atoms with Gasteiger partial charge >= 0.3 is 6.09 Å². The van der Waals surface area contributed by atoms with Gasteiger partial charge in [-0.05, 0) is 65.7 Å². The van der Waals surface area contributed by atoms with Crippen molar-refractivity contribution in [2.24, 2.45) is 0 Å². The largest absolute Gasteiger partial charge is 0.489 e. The van der Waals surface area contributed by atoms with Gasteiger partial charge in [0.2, 0.25) is 0 Å². The number of aliphatic hydroxyl groups is 1. The van der Waals surface area contributed by atoms with Crippen LogP contribution in [0.15, 0.2) is 36.8 Å². The Balaban J connectivity index is 1.39. The van der Waals surface area contributed by atoms with E-state index in [0.717, 1.165) is 29.8 Å². The lowest BCUT2D eigenvalue weighted by atomic mass is 10.0. The first-order valence-electron chi connectivity index (χ1n) is 12.9. The lowest BCUT2D eigenvalue weighted by Gasteiger charge is -2.42. The summed E-state index contributed by atoms with van der Waals surface area (Å²) in [4.78, 5) is 21.7. The number of fused-ring (bicyclic) bond motifs is 1. The summed E-state index contributed by atoms with van der Waals surface area (Å²) in [5.74, 6) is 1.36. The first kappa shape index (κ1) is 25.8. The Hall–Kier alpha value is -3.84. The van der Waals surface area contributed by atoms with E-state index in [-0.39, 0.29) is 18.2 Å². The zero-order chi connectivity index (χ0) is 27.3. The predicted octanol–water partition coefficient (Wildman–Crippen LogP) is 4.01. The monoisotopic (exact) mass is 518 g/mol. The normalized spacial score (nSPS) is 17.0. The van der Waals surface area contributed by atoms with Gasteiger partial charge in [-0.2, -0.15) is 10.4 Å². The Morgan fingerprint density at radius 3 is 2.55 bits per heavy atom. The molecule has 1 amide bonds. The maximum atomic E-state index is 12.8. The van der Waals surface area contributed by atoms with Gasteiger partial charge in [0.05, 0.1) is 34.6 Å². The van der Waals surface area contributed by atoms with Crippen LogP contribution in [0, 0.1) is 11.3 Å². The number of aromatic nitrogens is 3. The van der Waals surface area contributed by atoms with E-state index >= 15 is 0 Å². The molecule has 200 valence electrons. The van der Waals surface area contributed by atoms with Gasteiger partial charge in [0.1, 0.15) is 29.8 Å². The molecule has 0 radical (unpaired) electrons. The van der Waals surface area contributed by atoms with E-state index in [2.05, 4.69) is 16.1 Å². The van der Waals surface area contributed by atoms with Gasteiger partial charge < -0.3 is 19.5 Å². The molecule has 0 unspecified atom stereocenters. The second-order valence-corrected chi connectivity index (χ2v) is 11.8. The average Bonchev–Trinajstić information content (AvgIpc) is 3.47. The van der Waals surface area contributed by atoms with Crippen LogP contribution >= 0.6 is 0 Å². The first-order valence-corrected chi connectivity index (χ1v) is 12.9. The number of carbonyl (C=O) groups is 1. The van der Waals surface area contributed by atoms with Crippen LogP contribution in [0.3, 0.4) is 0 Å². The molecular formula is C28H34N6O4. The molecule has 0 atom stereocenters. The third-order valence-corrected chi connectivity index (χ3v) is 6.77. The number of hydrogen-bond acceptors (Lipinski definition) is 8. The van der Waals surface area contributed by atoms with E-state index in [1.54, 1.807) is 30.8 Å². The van der Waals surface area contributed by atoms with E-state index in [1.807, 2.05) is 43.9 Å². The number of hydrogen-bond donors (Lipinski definition) is 1. The van der Waals surface area contributed by atoms with Crippen molar-refractivity contribution in [3.05, 3.63) is 42.4 Å². The van der Waals surface area contributed by atoms with Crippen LogP contribution < -0.4 is 9.64 Å². The molecule has 3 aromatic rings. The topological polar surface area (TPSA) is 116 Å². The number of nitriles is 1. The number of anilines is 1. The molecule has 1 aliphatic carbocycles. The van der Waals surface area contributed by atoms with Gasteiger partial charge in [0.15, 0.2) is 0 Å². The van der Waals surface area contributed by atoms with E-state index in [0.29, 0.717) is 36.5 Å². The third-order valence-electron chi connectivity index (χ3n) is 6.77. The highest BCUT2D eigenvalue weighted by atomic mass is 16.6. The smallest absolute Gasteiger partial charge is 0.410 e. The third kappa shape index (κ3) is 5.24. The van der Waals surface area contributed by atoms with E-state index in [9.17, 15) is 15.2 Å². The summed E-state index contributed by atoms with van der Waals surface area (Å²) >= 11 is 0. The van der Waals surface area contributed by atoms with Crippen molar-refractivity contribution in [2.75, 3.05) is 31.1 Å². The van der Waals surface area contributed by atoms with Crippen LogP contribution in [0.4, 0.5) is 10.6 Å². The fraction of sp³-hybridized carbons (Fsp3) is 0.500. The molecule has 1 aliphatic heterocycles. The highest BCUT2D eigenvalue weighted by Crippen LogP contribution is 2.45. The minimum Gasteiger partial charge on any atom is -0.489 e. The van der Waals surface area contributed by atoms with Gasteiger partial charge in [-0.3, -0.25) is 4.90 Å². The number of ether oxygens (including phenoxy) is 2. The van der Waals surface area contributed by atoms with Crippen molar-refractivity contribution < 1.29 is 19.4 Å². The molecule has 1 spiro atoms. The predicted molar refractivity (Wildman–Crippen MR) is 142 cm³/mol. The Labute approximate surface area is 222 Å². The molecule has 4 heterocycles. The van der Waals surface area contributed by atoms with Crippen LogP contribution in [-0.4, -0.2) is 73.7 Å². The summed E-state index contributed by atoms with van der Waals surface area (Å²) in [6, 6.07) is 8.00. The van der Waals surface area contributed by atoms with Gasteiger partial charge in [-0.25, -0.2) is 14.3 Å². The van der Waals surface area contributed by atoms with Crippen LogP contribution in [-0.2, 0) is 4.74 Å². The molecule has 10 nitrogen and oxygen atoms in total. The van der Waals surface area contributed by atoms with Crippen LogP contribution in [0.25, 0.3) is 16.6 Å². The van der Waals surface area contributed by atoms with Gasteiger partial charge in [0, 0.05) is 37.0 Å². The summed E-state index contributed by atoms with van der Waals surface area (Å²) in [7, 11) is 0. The Morgan fingerprint density at radius 1 is 1.18 bits per heavy atom. The Kier molecular flexibility index (Phi) is 6.22. The summed E-state index contributed by atoms with van der Waals surface area (Å²) in [6.45, 7) is 11.1. The van der Waals surface area contributed by atoms with E-state index in [1.165, 1.54) is 6.20 Å². The summed E-state index contributed by atoms with van der Waals surface area (Å²) < 4.78 is 13.1. The first-order chi connectivity index (χ1) is 17.9. The van der Waals surface area contributed by atoms with Crippen molar-refractivity contribution in [1.29, 1.82) is 5.26 Å². The Morgan fingerprint density at radius 2 is 1.95 bits per heavy atom.